The second-order valence-electron chi connectivity index (χ2n) is 19.9. The number of carbonyl (C=O) groups is 4. The molecule has 2 aliphatic rings. The Balaban J connectivity index is 0.000000349. The molecule has 1 unspecified atom stereocenters. The third-order valence-corrected chi connectivity index (χ3v) is 13.0. The first-order valence-corrected chi connectivity index (χ1v) is 26.6. The molecule has 6 aromatic rings. The van der Waals surface area contributed by atoms with E-state index in [-0.39, 0.29) is 55.2 Å². The number of allylic oxidation sites excluding steroid dienone is 2. The van der Waals surface area contributed by atoms with Crippen LogP contribution < -0.4 is 40.2 Å². The molecule has 6 aromatic carbocycles. The normalized spacial score (nSPS) is 14.3. The average Bonchev–Trinajstić information content (AvgIpc) is 3.82. The summed E-state index contributed by atoms with van der Waals surface area (Å²) < 4.78 is 18.7. The molecule has 0 heterocycles. The number of benzene rings is 6. The molecular weight excluding hydrogens is 1060 g/mol. The van der Waals surface area contributed by atoms with Crippen LogP contribution in [-0.4, -0.2) is 57.5 Å². The number of hydrogen-bond donors (Lipinski definition) is 3. The molecule has 0 saturated carbocycles. The van der Waals surface area contributed by atoms with Crippen molar-refractivity contribution in [3.63, 3.8) is 0 Å². The Labute approximate surface area is 484 Å². The summed E-state index contributed by atoms with van der Waals surface area (Å²) in [6.07, 6.45) is 4.16. The van der Waals surface area contributed by atoms with Gasteiger partial charge in [-0.25, -0.2) is 0 Å². The molecule has 3 atom stereocenters. The molecule has 74 heavy (non-hydrogen) atoms. The first-order valence-electron chi connectivity index (χ1n) is 25.1. The van der Waals surface area contributed by atoms with Crippen LogP contribution in [0.5, 0.6) is 0 Å². The number of carbonyl (C=O) groups excluding carboxylic acids is 4. The maximum absolute atomic E-state index is 13.7. The van der Waals surface area contributed by atoms with E-state index in [1.807, 2.05) is 133 Å². The van der Waals surface area contributed by atoms with Crippen LogP contribution in [0.1, 0.15) is 104 Å². The van der Waals surface area contributed by atoms with Gasteiger partial charge in [0.15, 0.2) is 0 Å². The molecule has 8 rings (SSSR count). The van der Waals surface area contributed by atoms with Crippen LogP contribution in [0.15, 0.2) is 183 Å². The van der Waals surface area contributed by atoms with Gasteiger partial charge in [0, 0.05) is 18.1 Å². The van der Waals surface area contributed by atoms with Crippen molar-refractivity contribution in [3.8, 4) is 22.3 Å². The third kappa shape index (κ3) is 14.3. The number of nitrogens with one attached hydrogen (secondary N) is 2. The van der Waals surface area contributed by atoms with Crippen LogP contribution in [0.2, 0.25) is 0 Å². The smallest absolute Gasteiger partial charge is 1.00 e. The van der Waals surface area contributed by atoms with E-state index in [1.54, 1.807) is 6.08 Å². The summed E-state index contributed by atoms with van der Waals surface area (Å²) in [6.45, 7) is 21.4. The number of hydrogen-bond acceptors (Lipinski definition) is 9. The van der Waals surface area contributed by atoms with Crippen molar-refractivity contribution < 1.29 is 61.0 Å². The van der Waals surface area contributed by atoms with Crippen molar-refractivity contribution in [2.45, 2.75) is 103 Å². The number of alkyl halides is 1. The van der Waals surface area contributed by atoms with Gasteiger partial charge in [-0.1, -0.05) is 192 Å². The summed E-state index contributed by atoms with van der Waals surface area (Å²) in [6, 6.07) is 51.5. The predicted octanol–water partition coefficient (Wildman–Crippen LogP) is 10.5. The number of esters is 2. The van der Waals surface area contributed by atoms with Crippen LogP contribution in [0, 0.1) is 5.92 Å². The van der Waals surface area contributed by atoms with E-state index >= 15 is 0 Å². The molecule has 11 heteroatoms. The van der Waals surface area contributed by atoms with Crippen LogP contribution >= 0.6 is 35.2 Å². The van der Waals surface area contributed by atoms with E-state index in [2.05, 4.69) is 132 Å². The van der Waals surface area contributed by atoms with Gasteiger partial charge in [-0.2, -0.15) is 12.6 Å². The maximum Gasteiger partial charge on any atom is 1.00 e. The van der Waals surface area contributed by atoms with E-state index in [9.17, 15) is 19.2 Å². The SMILES string of the molecule is C=CCC(C(C)=O)[C@H](NC1(c2ccccc2)c2ccccc2-c2ccccc21)C(=O)OC(C)(C)C.C=CCI.CC(=O)C[C@H](NC1(c2ccccc2)c2ccccc2-c2ccccc21)C(=O)OC(C)(C)C.[2H]CS.[H-].[Na+]. The van der Waals surface area contributed by atoms with Crippen LogP contribution in [0.4, 0.5) is 0 Å². The number of ether oxygens (including phenoxy) is 2. The average molecular weight is 1140 g/mol. The van der Waals surface area contributed by atoms with Gasteiger partial charge in [0.25, 0.3) is 0 Å². The second kappa shape index (κ2) is 27.7. The Bertz CT molecular complexity index is 2800. The van der Waals surface area contributed by atoms with Gasteiger partial charge in [-0.3, -0.25) is 29.8 Å². The molecule has 2 aliphatic carbocycles. The molecule has 0 aromatic heterocycles. The molecule has 0 aliphatic heterocycles. The Morgan fingerprint density at radius 1 is 0.608 bits per heavy atom. The molecule has 0 saturated heterocycles. The number of ketones is 2. The zero-order valence-corrected chi connectivity index (χ0v) is 49.5. The summed E-state index contributed by atoms with van der Waals surface area (Å²) in [5.41, 5.74) is 7.67. The summed E-state index contributed by atoms with van der Waals surface area (Å²) in [5, 5.41) is 7.32. The first kappa shape index (κ1) is 60.0. The summed E-state index contributed by atoms with van der Waals surface area (Å²) in [5.74, 6) is -1.66. The van der Waals surface area contributed by atoms with E-state index in [0.29, 0.717) is 6.42 Å². The number of fused-ring (bicyclic) bond motifs is 6. The Kier molecular flexibility index (Phi) is 22.5. The van der Waals surface area contributed by atoms with E-state index < -0.39 is 52.2 Å². The van der Waals surface area contributed by atoms with Crippen molar-refractivity contribution in [1.82, 2.24) is 10.6 Å². The molecular formula is C63H72IN2NaO6S. The second-order valence-corrected chi connectivity index (χ2v) is 20.8. The van der Waals surface area contributed by atoms with E-state index in [0.717, 1.165) is 60.1 Å². The minimum Gasteiger partial charge on any atom is -1.00 e. The topological polar surface area (TPSA) is 111 Å². The zero-order chi connectivity index (χ0) is 54.3. The van der Waals surface area contributed by atoms with Crippen LogP contribution in [0.3, 0.4) is 0 Å². The minimum atomic E-state index is -0.885. The van der Waals surface area contributed by atoms with Gasteiger partial charge in [-0.05, 0) is 124 Å². The van der Waals surface area contributed by atoms with Crippen molar-refractivity contribution in [2.75, 3.05) is 10.7 Å². The van der Waals surface area contributed by atoms with Crippen molar-refractivity contribution in [3.05, 3.63) is 216 Å². The molecule has 0 spiro atoms. The fourth-order valence-electron chi connectivity index (χ4n) is 9.70. The zero-order valence-electron chi connectivity index (χ0n) is 46.4. The molecule has 0 amide bonds. The monoisotopic (exact) mass is 1140 g/mol. The largest absolute Gasteiger partial charge is 1.00 e. The van der Waals surface area contributed by atoms with Gasteiger partial charge in [-0.15, -0.1) is 13.2 Å². The Hall–Kier alpha value is -4.92. The van der Waals surface area contributed by atoms with Crippen molar-refractivity contribution in [2.24, 2.45) is 5.92 Å². The van der Waals surface area contributed by atoms with Gasteiger partial charge in [0.1, 0.15) is 34.9 Å². The Morgan fingerprint density at radius 3 is 1.24 bits per heavy atom. The van der Waals surface area contributed by atoms with Crippen molar-refractivity contribution >= 4 is 58.7 Å². The molecule has 384 valence electrons. The van der Waals surface area contributed by atoms with Crippen LogP contribution in [0.25, 0.3) is 22.3 Å². The number of thiol groups is 1. The fraction of sp³-hybridized carbons (Fsp3) is 0.302. The number of Topliss-reactive ketones (excluding diaryl/α,β-unsaturated/α-hetero) is 2. The van der Waals surface area contributed by atoms with E-state index in [4.69, 9.17) is 10.8 Å². The summed E-state index contributed by atoms with van der Waals surface area (Å²) >= 11 is 5.69. The first-order chi connectivity index (χ1) is 35.2. The van der Waals surface area contributed by atoms with Gasteiger partial charge >= 0.3 is 41.5 Å². The summed E-state index contributed by atoms with van der Waals surface area (Å²) in [4.78, 5) is 52.0. The summed E-state index contributed by atoms with van der Waals surface area (Å²) in [7, 11) is 0. The molecule has 0 fully saturated rings. The molecule has 8 nitrogen and oxygen atoms in total. The van der Waals surface area contributed by atoms with Gasteiger partial charge in [0.2, 0.25) is 0 Å². The van der Waals surface area contributed by atoms with E-state index in [1.165, 1.54) is 13.8 Å². The Morgan fingerprint density at radius 2 is 0.932 bits per heavy atom. The quantitative estimate of drug-likeness (QED) is 0.0233. The molecule has 0 radical (unpaired) electrons. The fourth-order valence-corrected chi connectivity index (χ4v) is 9.70. The predicted molar refractivity (Wildman–Crippen MR) is 311 cm³/mol. The standard InChI is InChI=1S/C31H33NO3.C28H29NO3.C3H5I.CH4S.Na.H/c1-6-14-23(21(2)33)28(29(34)35-30(3,4)5)32-31(22-15-8-7-9-16-22)26-19-12-10-17-24(26)25-18-11-13-20-27(25)31;1-19(30)18-25(26(31)32-27(2,3)4)29-28(20-12-6-5-7-13-20)23-16-10-8-14-21(23)22-15-9-11-17-24(22)28;1-2-3-4;1-2;;/h6-13,15-20,23,28,32H,1,14H2,2-5H3;5-17,25,29H,18H2,1-4H3;2H,1,3H2;2H,1H3;;/q;;;;+1;-1/t23?,28-;25-;;;;/m00..../s1/i;;;1D;;. The number of halogens is 1. The molecule has 0 bridgehead atoms. The van der Waals surface area contributed by atoms with Crippen LogP contribution in [-0.2, 0) is 39.7 Å². The number of rotatable bonds is 15. The maximum atomic E-state index is 13.7. The van der Waals surface area contributed by atoms with Gasteiger partial charge in [0.05, 0.1) is 11.1 Å². The molecule has 2 N–H and O–H groups in total. The third-order valence-electron chi connectivity index (χ3n) is 12.4. The van der Waals surface area contributed by atoms with Crippen molar-refractivity contribution in [1.29, 1.82) is 0 Å². The van der Waals surface area contributed by atoms with Gasteiger partial charge < -0.3 is 10.9 Å². The minimum absolute atomic E-state index is 0.